The van der Waals surface area contributed by atoms with Crippen LogP contribution in [0.5, 0.6) is 11.5 Å². The average Bonchev–Trinajstić information content (AvgIpc) is 3.32. The van der Waals surface area contributed by atoms with Gasteiger partial charge >= 0.3 is 0 Å². The largest absolute Gasteiger partial charge is 0.493 e. The lowest BCUT2D eigenvalue weighted by Gasteiger charge is -2.19. The summed E-state index contributed by atoms with van der Waals surface area (Å²) in [5.41, 5.74) is 9.38. The Labute approximate surface area is 185 Å². The number of nitrogen functional groups attached to an aromatic ring is 1. The van der Waals surface area contributed by atoms with Crippen molar-refractivity contribution in [2.24, 2.45) is 4.99 Å². The maximum absolute atomic E-state index is 8.50. The zero-order valence-electron chi connectivity index (χ0n) is 17.8. The maximum atomic E-state index is 8.50. The molecule has 0 fully saturated rings. The summed E-state index contributed by atoms with van der Waals surface area (Å²) in [6.45, 7) is 7.66. The SMILES string of the molecule is CCOc1ccc(OCC)c2c1C(=N)N=C2c1sc(N(CC)c2ccccc2)nc1N. The molecule has 160 valence electrons. The minimum Gasteiger partial charge on any atom is -0.493 e. The summed E-state index contributed by atoms with van der Waals surface area (Å²) in [6, 6.07) is 13.8. The Hall–Kier alpha value is -3.39. The number of aliphatic imine (C=N–C) groups is 1. The number of hydrogen-bond acceptors (Lipinski definition) is 7. The summed E-state index contributed by atoms with van der Waals surface area (Å²) in [7, 11) is 0. The number of hydrogen-bond donors (Lipinski definition) is 2. The van der Waals surface area contributed by atoms with Gasteiger partial charge in [0.2, 0.25) is 0 Å². The fraction of sp³-hybridized carbons (Fsp3) is 0.261. The van der Waals surface area contributed by atoms with Gasteiger partial charge < -0.3 is 20.1 Å². The lowest BCUT2D eigenvalue weighted by molar-refractivity contribution is 0.330. The van der Waals surface area contributed by atoms with Gasteiger partial charge in [-0.25, -0.2) is 9.98 Å². The van der Waals surface area contributed by atoms with Gasteiger partial charge in [0.25, 0.3) is 0 Å². The lowest BCUT2D eigenvalue weighted by atomic mass is 10.0. The van der Waals surface area contributed by atoms with Gasteiger partial charge in [0, 0.05) is 12.2 Å². The van der Waals surface area contributed by atoms with Crippen LogP contribution in [0.4, 0.5) is 16.6 Å². The van der Waals surface area contributed by atoms with Gasteiger partial charge in [0.05, 0.1) is 34.9 Å². The normalized spacial score (nSPS) is 12.5. The van der Waals surface area contributed by atoms with Gasteiger partial charge in [-0.1, -0.05) is 29.5 Å². The van der Waals surface area contributed by atoms with Crippen LogP contribution in [0.15, 0.2) is 47.5 Å². The van der Waals surface area contributed by atoms with Gasteiger partial charge in [0.1, 0.15) is 17.3 Å². The fourth-order valence-electron chi connectivity index (χ4n) is 3.62. The molecule has 0 saturated carbocycles. The molecule has 0 radical (unpaired) electrons. The molecule has 2 heterocycles. The summed E-state index contributed by atoms with van der Waals surface area (Å²) in [5.74, 6) is 1.80. The van der Waals surface area contributed by atoms with Crippen molar-refractivity contribution >= 4 is 39.5 Å². The summed E-state index contributed by atoms with van der Waals surface area (Å²) >= 11 is 1.46. The van der Waals surface area contributed by atoms with Crippen LogP contribution in [0.1, 0.15) is 36.8 Å². The first-order valence-corrected chi connectivity index (χ1v) is 11.1. The number of nitrogens with zero attached hydrogens (tertiary/aromatic N) is 3. The Morgan fingerprint density at radius 2 is 1.61 bits per heavy atom. The standard InChI is InChI=1S/C23H25N5O2S/c1-4-28(14-10-8-7-9-11-14)23-27-22(25)20(31-23)19-17-15(29-5-2)12-13-16(30-6-3)18(17)21(24)26-19/h7-13,24H,4-6,25H2,1-3H3. The van der Waals surface area contributed by atoms with E-state index in [0.717, 1.165) is 27.8 Å². The molecule has 0 aliphatic carbocycles. The summed E-state index contributed by atoms with van der Waals surface area (Å²) < 4.78 is 11.6. The van der Waals surface area contributed by atoms with E-state index in [1.54, 1.807) is 0 Å². The number of ether oxygens (including phenoxy) is 2. The minimum atomic E-state index is 0.139. The predicted molar refractivity (Wildman–Crippen MR) is 127 cm³/mol. The molecular formula is C23H25N5O2S. The number of thiazole rings is 1. The smallest absolute Gasteiger partial charge is 0.192 e. The summed E-state index contributed by atoms with van der Waals surface area (Å²) in [5, 5.41) is 9.28. The molecule has 0 saturated heterocycles. The topological polar surface area (TPSA) is 96.8 Å². The van der Waals surface area contributed by atoms with Crippen LogP contribution in [0, 0.1) is 5.41 Å². The van der Waals surface area contributed by atoms with Crippen LogP contribution in [0.25, 0.3) is 0 Å². The second-order valence-corrected chi connectivity index (χ2v) is 7.76. The molecule has 4 rings (SSSR count). The number of nitrogens with two attached hydrogens (primary N) is 1. The first kappa shape index (κ1) is 20.9. The van der Waals surface area contributed by atoms with E-state index < -0.39 is 0 Å². The molecule has 0 bridgehead atoms. The molecule has 0 atom stereocenters. The van der Waals surface area contributed by atoms with Crippen LogP contribution >= 0.6 is 11.3 Å². The highest BCUT2D eigenvalue weighted by Crippen LogP contribution is 2.41. The number of aromatic nitrogens is 1. The molecule has 7 nitrogen and oxygen atoms in total. The Kier molecular flexibility index (Phi) is 5.90. The third-order valence-electron chi connectivity index (χ3n) is 4.90. The molecule has 1 aliphatic heterocycles. The van der Waals surface area contributed by atoms with Crippen molar-refractivity contribution in [2.45, 2.75) is 20.8 Å². The first-order chi connectivity index (χ1) is 15.1. The molecule has 1 aliphatic rings. The number of fused-ring (bicyclic) bond motifs is 1. The number of para-hydroxylation sites is 1. The summed E-state index contributed by atoms with van der Waals surface area (Å²) in [6.07, 6.45) is 0. The number of anilines is 3. The zero-order chi connectivity index (χ0) is 22.0. The molecule has 31 heavy (non-hydrogen) atoms. The highest BCUT2D eigenvalue weighted by atomic mass is 32.1. The number of benzene rings is 2. The van der Waals surface area contributed by atoms with E-state index >= 15 is 0 Å². The second-order valence-electron chi connectivity index (χ2n) is 6.78. The van der Waals surface area contributed by atoms with Crippen molar-refractivity contribution in [3.05, 3.63) is 58.5 Å². The monoisotopic (exact) mass is 435 g/mol. The summed E-state index contributed by atoms with van der Waals surface area (Å²) in [4.78, 5) is 12.0. The van der Waals surface area contributed by atoms with Crippen molar-refractivity contribution in [2.75, 3.05) is 30.4 Å². The molecular weight excluding hydrogens is 410 g/mol. The lowest BCUT2D eigenvalue weighted by Crippen LogP contribution is -2.15. The highest BCUT2D eigenvalue weighted by molar-refractivity contribution is 7.18. The van der Waals surface area contributed by atoms with Gasteiger partial charge in [-0.3, -0.25) is 5.41 Å². The maximum Gasteiger partial charge on any atom is 0.192 e. The van der Waals surface area contributed by atoms with Crippen molar-refractivity contribution in [1.82, 2.24) is 4.98 Å². The van der Waals surface area contributed by atoms with Crippen molar-refractivity contribution in [1.29, 1.82) is 5.41 Å². The average molecular weight is 436 g/mol. The van der Waals surface area contributed by atoms with E-state index in [4.69, 9.17) is 20.6 Å². The van der Waals surface area contributed by atoms with Crippen LogP contribution in [-0.2, 0) is 0 Å². The Morgan fingerprint density at radius 3 is 2.23 bits per heavy atom. The Balaban J connectivity index is 1.82. The van der Waals surface area contributed by atoms with Crippen LogP contribution < -0.4 is 20.1 Å². The zero-order valence-corrected chi connectivity index (χ0v) is 18.6. The molecule has 3 aromatic rings. The van der Waals surface area contributed by atoms with Crippen LogP contribution in [0.3, 0.4) is 0 Å². The molecule has 0 unspecified atom stereocenters. The third kappa shape index (κ3) is 3.74. The van der Waals surface area contributed by atoms with Gasteiger partial charge in [-0.2, -0.15) is 0 Å². The van der Waals surface area contributed by atoms with Gasteiger partial charge in [-0.05, 0) is 45.0 Å². The Bertz CT molecular complexity index is 1140. The highest BCUT2D eigenvalue weighted by Gasteiger charge is 2.32. The first-order valence-electron chi connectivity index (χ1n) is 10.3. The van der Waals surface area contributed by atoms with Crippen LogP contribution in [0.2, 0.25) is 0 Å². The van der Waals surface area contributed by atoms with E-state index in [1.165, 1.54) is 11.3 Å². The Morgan fingerprint density at radius 1 is 0.968 bits per heavy atom. The van der Waals surface area contributed by atoms with E-state index in [9.17, 15) is 0 Å². The number of rotatable bonds is 8. The number of amidine groups is 1. The minimum absolute atomic E-state index is 0.139. The van der Waals surface area contributed by atoms with Crippen molar-refractivity contribution < 1.29 is 9.47 Å². The molecule has 8 heteroatoms. The predicted octanol–water partition coefficient (Wildman–Crippen LogP) is 4.86. The van der Waals surface area contributed by atoms with Crippen molar-refractivity contribution in [3.8, 4) is 11.5 Å². The quantitative estimate of drug-likeness (QED) is 0.527. The molecule has 1 aromatic heterocycles. The third-order valence-corrected chi connectivity index (χ3v) is 6.00. The van der Waals surface area contributed by atoms with E-state index in [2.05, 4.69) is 21.8 Å². The molecule has 2 aromatic carbocycles. The number of nitrogens with one attached hydrogen (secondary N) is 1. The van der Waals surface area contributed by atoms with Crippen LogP contribution in [-0.4, -0.2) is 36.3 Å². The van der Waals surface area contributed by atoms with E-state index in [-0.39, 0.29) is 5.84 Å². The molecule has 0 spiro atoms. The van der Waals surface area contributed by atoms with Gasteiger partial charge in [-0.15, -0.1) is 0 Å². The van der Waals surface area contributed by atoms with E-state index in [0.29, 0.717) is 41.8 Å². The second kappa shape index (κ2) is 8.77. The molecule has 0 amide bonds. The van der Waals surface area contributed by atoms with Gasteiger partial charge in [0.15, 0.2) is 11.0 Å². The molecule has 3 N–H and O–H groups in total. The fourth-order valence-corrected chi connectivity index (χ4v) is 4.68. The van der Waals surface area contributed by atoms with Crippen molar-refractivity contribution in [3.63, 3.8) is 0 Å². The van der Waals surface area contributed by atoms with E-state index in [1.807, 2.05) is 56.3 Å².